The molecule has 2 atom stereocenters. The Hall–Kier alpha value is -0.0800. The Morgan fingerprint density at radius 2 is 2.23 bits per heavy atom. The first-order chi connectivity index (χ1) is 6.09. The molecule has 0 saturated heterocycles. The molecule has 1 aliphatic rings. The van der Waals surface area contributed by atoms with Crippen LogP contribution in [0.1, 0.15) is 22.9 Å². The fourth-order valence-corrected chi connectivity index (χ4v) is 2.70. The van der Waals surface area contributed by atoms with Crippen LogP contribution in [-0.4, -0.2) is 0 Å². The maximum atomic E-state index is 13.0. The molecule has 1 aromatic rings. The zero-order chi connectivity index (χ0) is 9.59. The van der Waals surface area contributed by atoms with E-state index in [0.717, 1.165) is 17.5 Å². The van der Waals surface area contributed by atoms with Gasteiger partial charge < -0.3 is 0 Å². The molecule has 70 valence electrons. The molecule has 0 aromatic heterocycles. The Balaban J connectivity index is 2.57. The van der Waals surface area contributed by atoms with Crippen molar-refractivity contribution >= 4 is 27.5 Å². The first-order valence-corrected chi connectivity index (χ1v) is 5.51. The first-order valence-electron chi connectivity index (χ1n) is 4.21. The van der Waals surface area contributed by atoms with Crippen molar-refractivity contribution in [3.63, 3.8) is 0 Å². The summed E-state index contributed by atoms with van der Waals surface area (Å²) in [6, 6.07) is 2.96. The van der Waals surface area contributed by atoms with Crippen LogP contribution in [-0.2, 0) is 6.42 Å². The average molecular weight is 264 g/mol. The minimum absolute atomic E-state index is 0.246. The SMILES string of the molecule is CC1Cc2c(Cl)cc(F)cc2C1Br. The maximum absolute atomic E-state index is 13.0. The molecule has 0 amide bonds. The van der Waals surface area contributed by atoms with Gasteiger partial charge in [-0.05, 0) is 35.6 Å². The summed E-state index contributed by atoms with van der Waals surface area (Å²) in [5, 5.41) is 0.559. The Morgan fingerprint density at radius 3 is 2.92 bits per heavy atom. The van der Waals surface area contributed by atoms with Crippen molar-refractivity contribution in [3.05, 3.63) is 34.1 Å². The number of fused-ring (bicyclic) bond motifs is 1. The van der Waals surface area contributed by atoms with Gasteiger partial charge in [-0.15, -0.1) is 0 Å². The van der Waals surface area contributed by atoms with Crippen LogP contribution in [0.3, 0.4) is 0 Å². The van der Waals surface area contributed by atoms with Crippen LogP contribution >= 0.6 is 27.5 Å². The van der Waals surface area contributed by atoms with Crippen LogP contribution in [0.4, 0.5) is 4.39 Å². The van der Waals surface area contributed by atoms with Crippen LogP contribution in [0.25, 0.3) is 0 Å². The van der Waals surface area contributed by atoms with E-state index in [4.69, 9.17) is 11.6 Å². The van der Waals surface area contributed by atoms with Gasteiger partial charge in [0.1, 0.15) is 5.82 Å². The molecule has 1 aliphatic carbocycles. The summed E-state index contributed by atoms with van der Waals surface area (Å²) in [7, 11) is 0. The van der Waals surface area contributed by atoms with Crippen molar-refractivity contribution in [2.45, 2.75) is 18.2 Å². The molecule has 2 rings (SSSR count). The van der Waals surface area contributed by atoms with E-state index in [1.165, 1.54) is 6.07 Å². The second-order valence-corrected chi connectivity index (χ2v) is 4.93. The summed E-state index contributed by atoms with van der Waals surface area (Å²) in [5.74, 6) is 0.247. The lowest BCUT2D eigenvalue weighted by Crippen LogP contribution is -1.94. The smallest absolute Gasteiger partial charge is 0.125 e. The van der Waals surface area contributed by atoms with Crippen LogP contribution < -0.4 is 0 Å². The molecule has 3 heteroatoms. The lowest BCUT2D eigenvalue weighted by atomic mass is 10.1. The van der Waals surface area contributed by atoms with Crippen molar-refractivity contribution in [3.8, 4) is 0 Å². The number of alkyl halides is 1. The molecule has 0 nitrogen and oxygen atoms in total. The van der Waals surface area contributed by atoms with Crippen LogP contribution in [0.2, 0.25) is 5.02 Å². The van der Waals surface area contributed by atoms with Gasteiger partial charge in [0.2, 0.25) is 0 Å². The van der Waals surface area contributed by atoms with Gasteiger partial charge in [-0.1, -0.05) is 34.5 Å². The minimum Gasteiger partial charge on any atom is -0.207 e. The zero-order valence-corrected chi connectivity index (χ0v) is 9.49. The van der Waals surface area contributed by atoms with Crippen LogP contribution in [0.5, 0.6) is 0 Å². The molecular formula is C10H9BrClF. The lowest BCUT2D eigenvalue weighted by Gasteiger charge is -2.07. The maximum Gasteiger partial charge on any atom is 0.125 e. The second kappa shape index (κ2) is 3.25. The summed E-state index contributed by atoms with van der Waals surface area (Å²) < 4.78 is 13.0. The summed E-state index contributed by atoms with van der Waals surface area (Å²) >= 11 is 9.49. The Kier molecular flexibility index (Phi) is 2.37. The van der Waals surface area contributed by atoms with E-state index in [1.807, 2.05) is 0 Å². The second-order valence-electron chi connectivity index (χ2n) is 3.54. The van der Waals surface area contributed by atoms with E-state index in [2.05, 4.69) is 22.9 Å². The molecule has 0 heterocycles. The largest absolute Gasteiger partial charge is 0.207 e. The predicted molar refractivity (Wildman–Crippen MR) is 55.9 cm³/mol. The van der Waals surface area contributed by atoms with Crippen molar-refractivity contribution in [1.29, 1.82) is 0 Å². The lowest BCUT2D eigenvalue weighted by molar-refractivity contribution is 0.615. The van der Waals surface area contributed by atoms with E-state index in [9.17, 15) is 4.39 Å². The molecule has 13 heavy (non-hydrogen) atoms. The molecule has 1 aromatic carbocycles. The van der Waals surface area contributed by atoms with Gasteiger partial charge in [-0.25, -0.2) is 4.39 Å². The topological polar surface area (TPSA) is 0 Å². The molecule has 0 aliphatic heterocycles. The molecule has 0 saturated carbocycles. The molecular weight excluding hydrogens is 254 g/mol. The van der Waals surface area contributed by atoms with E-state index in [-0.39, 0.29) is 10.6 Å². The van der Waals surface area contributed by atoms with Crippen molar-refractivity contribution in [2.24, 2.45) is 5.92 Å². The van der Waals surface area contributed by atoms with Crippen molar-refractivity contribution < 1.29 is 4.39 Å². The standard InChI is InChI=1S/C10H9BrClF/c1-5-2-7-8(10(5)11)3-6(13)4-9(7)12/h3-5,10H,2H2,1H3. The third kappa shape index (κ3) is 1.50. The zero-order valence-electron chi connectivity index (χ0n) is 7.15. The van der Waals surface area contributed by atoms with Crippen molar-refractivity contribution in [1.82, 2.24) is 0 Å². The fourth-order valence-electron chi connectivity index (χ4n) is 1.82. The van der Waals surface area contributed by atoms with Crippen LogP contribution in [0.15, 0.2) is 12.1 Å². The van der Waals surface area contributed by atoms with Gasteiger partial charge in [0, 0.05) is 9.85 Å². The normalized spacial score (nSPS) is 26.2. The number of hydrogen-bond donors (Lipinski definition) is 0. The highest BCUT2D eigenvalue weighted by atomic mass is 79.9. The molecule has 0 spiro atoms. The number of halogens is 3. The third-order valence-electron chi connectivity index (χ3n) is 2.52. The highest BCUT2D eigenvalue weighted by Crippen LogP contribution is 2.44. The third-order valence-corrected chi connectivity index (χ3v) is 4.25. The highest BCUT2D eigenvalue weighted by Gasteiger charge is 2.29. The summed E-state index contributed by atoms with van der Waals surface area (Å²) in [6.07, 6.45) is 0.935. The molecule has 0 bridgehead atoms. The fraction of sp³-hybridized carbons (Fsp3) is 0.400. The summed E-state index contributed by atoms with van der Waals surface area (Å²) in [6.45, 7) is 2.13. The quantitative estimate of drug-likeness (QED) is 0.618. The monoisotopic (exact) mass is 262 g/mol. The Labute approximate surface area is 90.2 Å². The van der Waals surface area contributed by atoms with Crippen LogP contribution in [0, 0.1) is 11.7 Å². The molecule has 2 unspecified atom stereocenters. The van der Waals surface area contributed by atoms with Crippen molar-refractivity contribution in [2.75, 3.05) is 0 Å². The number of hydrogen-bond acceptors (Lipinski definition) is 0. The van der Waals surface area contributed by atoms with Gasteiger partial charge in [-0.2, -0.15) is 0 Å². The minimum atomic E-state index is -0.248. The molecule has 0 N–H and O–H groups in total. The van der Waals surface area contributed by atoms with Gasteiger partial charge >= 0.3 is 0 Å². The Morgan fingerprint density at radius 1 is 1.54 bits per heavy atom. The summed E-state index contributed by atoms with van der Waals surface area (Å²) in [5.41, 5.74) is 2.11. The van der Waals surface area contributed by atoms with E-state index in [0.29, 0.717) is 10.9 Å². The predicted octanol–water partition coefficient (Wildman–Crippen LogP) is 4.11. The summed E-state index contributed by atoms with van der Waals surface area (Å²) in [4.78, 5) is 0.246. The van der Waals surface area contributed by atoms with E-state index < -0.39 is 0 Å². The molecule has 0 fully saturated rings. The van der Waals surface area contributed by atoms with Gasteiger partial charge in [0.05, 0.1) is 0 Å². The number of benzene rings is 1. The molecule has 0 radical (unpaired) electrons. The Bertz CT molecular complexity index is 351. The van der Waals surface area contributed by atoms with E-state index >= 15 is 0 Å². The number of rotatable bonds is 0. The van der Waals surface area contributed by atoms with Gasteiger partial charge in [0.25, 0.3) is 0 Å². The first kappa shape index (κ1) is 9.47. The average Bonchev–Trinajstić information content (AvgIpc) is 2.32. The van der Waals surface area contributed by atoms with Gasteiger partial charge in [-0.3, -0.25) is 0 Å². The highest BCUT2D eigenvalue weighted by molar-refractivity contribution is 9.09. The van der Waals surface area contributed by atoms with Gasteiger partial charge in [0.15, 0.2) is 0 Å². The van der Waals surface area contributed by atoms with E-state index in [1.54, 1.807) is 6.07 Å².